The van der Waals surface area contributed by atoms with Crippen molar-refractivity contribution in [3.8, 4) is 0 Å². The molecule has 52 valence electrons. The van der Waals surface area contributed by atoms with Crippen LogP contribution in [0.4, 0.5) is 0 Å². The first-order valence-corrected chi connectivity index (χ1v) is 3.25. The van der Waals surface area contributed by atoms with E-state index in [1.54, 1.807) is 0 Å². The van der Waals surface area contributed by atoms with Crippen molar-refractivity contribution in [3.05, 3.63) is 11.6 Å². The molecule has 0 radical (unpaired) electrons. The molecule has 1 heterocycles. The highest BCUT2D eigenvalue weighted by atomic mass is 16.6. The van der Waals surface area contributed by atoms with Crippen LogP contribution in [0.1, 0.15) is 12.8 Å². The number of carbonyl (C=O) groups excluding carboxylic acids is 2. The molecule has 1 saturated carbocycles. The van der Waals surface area contributed by atoms with Crippen LogP contribution in [0.3, 0.4) is 0 Å². The first-order valence-electron chi connectivity index (χ1n) is 3.25. The molecule has 1 aliphatic carbocycles. The maximum absolute atomic E-state index is 10.8. The van der Waals surface area contributed by atoms with Gasteiger partial charge in [-0.05, 0) is 18.8 Å². The molecular formula is C7H6O3. The minimum Gasteiger partial charge on any atom is -0.386 e. The van der Waals surface area contributed by atoms with Crippen molar-refractivity contribution in [1.82, 2.24) is 0 Å². The Balaban J connectivity index is 2.25. The number of esters is 2. The number of carbonyl (C=O) groups is 2. The Morgan fingerprint density at radius 3 is 2.50 bits per heavy atom. The Morgan fingerprint density at radius 1 is 1.40 bits per heavy atom. The SMILES string of the molecule is O=C1C=C(C2CC2)C(=O)O1. The van der Waals surface area contributed by atoms with Gasteiger partial charge < -0.3 is 4.74 Å². The summed E-state index contributed by atoms with van der Waals surface area (Å²) in [5.41, 5.74) is 0.574. The zero-order valence-corrected chi connectivity index (χ0v) is 5.29. The highest BCUT2D eigenvalue weighted by Gasteiger charge is 2.36. The van der Waals surface area contributed by atoms with E-state index < -0.39 is 11.9 Å². The van der Waals surface area contributed by atoms with Crippen LogP contribution in [0.5, 0.6) is 0 Å². The number of hydrogen-bond donors (Lipinski definition) is 0. The summed E-state index contributed by atoms with van der Waals surface area (Å²) in [4.78, 5) is 21.2. The van der Waals surface area contributed by atoms with Crippen LogP contribution >= 0.6 is 0 Å². The van der Waals surface area contributed by atoms with Gasteiger partial charge in [0.25, 0.3) is 0 Å². The van der Waals surface area contributed by atoms with Gasteiger partial charge in [-0.25, -0.2) is 9.59 Å². The lowest BCUT2D eigenvalue weighted by molar-refractivity contribution is -0.150. The van der Waals surface area contributed by atoms with Gasteiger partial charge in [0, 0.05) is 11.6 Å². The molecule has 1 aliphatic heterocycles. The largest absolute Gasteiger partial charge is 0.386 e. The second-order valence-electron chi connectivity index (χ2n) is 2.58. The fourth-order valence-electron chi connectivity index (χ4n) is 1.04. The Morgan fingerprint density at radius 2 is 2.10 bits per heavy atom. The third-order valence-electron chi connectivity index (χ3n) is 1.72. The van der Waals surface area contributed by atoms with Crippen LogP contribution in [-0.2, 0) is 14.3 Å². The Kier molecular flexibility index (Phi) is 0.952. The molecule has 0 aromatic carbocycles. The predicted molar refractivity (Wildman–Crippen MR) is 31.9 cm³/mol. The van der Waals surface area contributed by atoms with Gasteiger partial charge in [-0.15, -0.1) is 0 Å². The first-order chi connectivity index (χ1) is 4.77. The second kappa shape index (κ2) is 1.68. The molecule has 0 unspecified atom stereocenters. The zero-order valence-electron chi connectivity index (χ0n) is 5.29. The molecule has 0 N–H and O–H groups in total. The number of hydrogen-bond acceptors (Lipinski definition) is 3. The van der Waals surface area contributed by atoms with Crippen molar-refractivity contribution in [2.75, 3.05) is 0 Å². The fourth-order valence-corrected chi connectivity index (χ4v) is 1.04. The van der Waals surface area contributed by atoms with Gasteiger partial charge in [-0.3, -0.25) is 0 Å². The molecule has 0 saturated heterocycles. The van der Waals surface area contributed by atoms with Crippen LogP contribution in [0.25, 0.3) is 0 Å². The van der Waals surface area contributed by atoms with Crippen LogP contribution in [-0.4, -0.2) is 11.9 Å². The van der Waals surface area contributed by atoms with Crippen LogP contribution in [0.15, 0.2) is 11.6 Å². The topological polar surface area (TPSA) is 43.4 Å². The third kappa shape index (κ3) is 0.744. The number of rotatable bonds is 1. The summed E-state index contributed by atoms with van der Waals surface area (Å²) >= 11 is 0. The maximum Gasteiger partial charge on any atom is 0.342 e. The van der Waals surface area contributed by atoms with Gasteiger partial charge in [0.2, 0.25) is 0 Å². The molecule has 2 aliphatic rings. The smallest absolute Gasteiger partial charge is 0.342 e. The summed E-state index contributed by atoms with van der Waals surface area (Å²) in [5, 5.41) is 0. The van der Waals surface area contributed by atoms with Crippen LogP contribution < -0.4 is 0 Å². The van der Waals surface area contributed by atoms with E-state index in [0.29, 0.717) is 11.5 Å². The molecular weight excluding hydrogens is 132 g/mol. The molecule has 0 amide bonds. The van der Waals surface area contributed by atoms with E-state index in [4.69, 9.17) is 0 Å². The van der Waals surface area contributed by atoms with E-state index in [9.17, 15) is 9.59 Å². The standard InChI is InChI=1S/C7H6O3/c8-6-3-5(4-1-2-4)7(9)10-6/h3-4H,1-2H2. The second-order valence-corrected chi connectivity index (χ2v) is 2.58. The first kappa shape index (κ1) is 5.65. The summed E-state index contributed by atoms with van der Waals surface area (Å²) in [5.74, 6) is -0.627. The van der Waals surface area contributed by atoms with Crippen molar-refractivity contribution in [3.63, 3.8) is 0 Å². The van der Waals surface area contributed by atoms with E-state index >= 15 is 0 Å². The zero-order chi connectivity index (χ0) is 7.14. The number of ether oxygens (including phenoxy) is 1. The molecule has 0 atom stereocenters. The van der Waals surface area contributed by atoms with Gasteiger partial charge >= 0.3 is 11.9 Å². The van der Waals surface area contributed by atoms with Gasteiger partial charge in [-0.1, -0.05) is 0 Å². The summed E-state index contributed by atoms with van der Waals surface area (Å²) in [7, 11) is 0. The quantitative estimate of drug-likeness (QED) is 0.389. The Hall–Kier alpha value is -1.12. The van der Waals surface area contributed by atoms with E-state index in [1.165, 1.54) is 6.08 Å². The Bertz CT molecular complexity index is 235. The van der Waals surface area contributed by atoms with Crippen molar-refractivity contribution in [1.29, 1.82) is 0 Å². The van der Waals surface area contributed by atoms with Crippen molar-refractivity contribution >= 4 is 11.9 Å². The molecule has 0 aromatic heterocycles. The lowest BCUT2D eigenvalue weighted by Crippen LogP contribution is -2.02. The lowest BCUT2D eigenvalue weighted by atomic mass is 10.2. The van der Waals surface area contributed by atoms with Crippen molar-refractivity contribution < 1.29 is 14.3 Å². The molecule has 0 spiro atoms. The van der Waals surface area contributed by atoms with Gasteiger partial charge in [-0.2, -0.15) is 0 Å². The summed E-state index contributed by atoms with van der Waals surface area (Å²) in [6.07, 6.45) is 3.35. The van der Waals surface area contributed by atoms with E-state index in [2.05, 4.69) is 4.74 Å². The minimum absolute atomic E-state index is 0.318. The predicted octanol–water partition coefficient (Wildman–Crippen LogP) is 0.406. The molecule has 2 rings (SSSR count). The van der Waals surface area contributed by atoms with Gasteiger partial charge in [0.1, 0.15) is 0 Å². The average molecular weight is 138 g/mol. The summed E-state index contributed by atoms with van der Waals surface area (Å²) in [6.45, 7) is 0. The molecule has 0 bridgehead atoms. The minimum atomic E-state index is -0.508. The van der Waals surface area contributed by atoms with E-state index in [1.807, 2.05) is 0 Å². The maximum atomic E-state index is 10.8. The molecule has 0 aromatic rings. The molecule has 10 heavy (non-hydrogen) atoms. The highest BCUT2D eigenvalue weighted by Crippen LogP contribution is 2.38. The van der Waals surface area contributed by atoms with E-state index in [0.717, 1.165) is 12.8 Å². The van der Waals surface area contributed by atoms with Crippen molar-refractivity contribution in [2.24, 2.45) is 5.92 Å². The van der Waals surface area contributed by atoms with Crippen molar-refractivity contribution in [2.45, 2.75) is 12.8 Å². The van der Waals surface area contributed by atoms with Crippen LogP contribution in [0.2, 0.25) is 0 Å². The highest BCUT2D eigenvalue weighted by molar-refractivity contribution is 6.09. The Labute approximate surface area is 57.7 Å². The normalized spacial score (nSPS) is 24.6. The molecule has 3 heteroatoms. The molecule has 1 fully saturated rings. The lowest BCUT2D eigenvalue weighted by Gasteiger charge is -1.90. The third-order valence-corrected chi connectivity index (χ3v) is 1.72. The summed E-state index contributed by atoms with van der Waals surface area (Å²) < 4.78 is 4.30. The van der Waals surface area contributed by atoms with Crippen LogP contribution in [0, 0.1) is 5.92 Å². The molecule has 3 nitrogen and oxygen atoms in total. The monoisotopic (exact) mass is 138 g/mol. The number of cyclic esters (lactones) is 2. The average Bonchev–Trinajstić information content (AvgIpc) is 2.61. The van der Waals surface area contributed by atoms with E-state index in [-0.39, 0.29) is 0 Å². The summed E-state index contributed by atoms with van der Waals surface area (Å²) in [6, 6.07) is 0. The fraction of sp³-hybridized carbons (Fsp3) is 0.429. The van der Waals surface area contributed by atoms with Gasteiger partial charge in [0.05, 0.1) is 0 Å². The van der Waals surface area contributed by atoms with Gasteiger partial charge in [0.15, 0.2) is 0 Å².